The van der Waals surface area contributed by atoms with E-state index in [2.05, 4.69) is 26.1 Å². The first kappa shape index (κ1) is 12.4. The fourth-order valence-electron chi connectivity index (χ4n) is 3.07. The van der Waals surface area contributed by atoms with Gasteiger partial charge in [-0.1, -0.05) is 20.8 Å². The molecule has 2 fully saturated rings. The maximum Gasteiger partial charge on any atom is 0.00726 e. The lowest BCUT2D eigenvalue weighted by Gasteiger charge is -2.41. The maximum atomic E-state index is 5.83. The molecule has 0 saturated heterocycles. The molecular weight excluding hydrogens is 196 g/mol. The summed E-state index contributed by atoms with van der Waals surface area (Å²) in [6, 6.07) is 1.31. The highest BCUT2D eigenvalue weighted by Gasteiger charge is 2.33. The average molecular weight is 224 g/mol. The zero-order valence-corrected chi connectivity index (χ0v) is 11.1. The van der Waals surface area contributed by atoms with E-state index in [-0.39, 0.29) is 0 Å². The van der Waals surface area contributed by atoms with Crippen molar-refractivity contribution in [3.8, 4) is 0 Å². The highest BCUT2D eigenvalue weighted by Crippen LogP contribution is 2.35. The van der Waals surface area contributed by atoms with E-state index in [9.17, 15) is 0 Å². The number of nitrogens with one attached hydrogen (secondary N) is 1. The van der Waals surface area contributed by atoms with Crippen molar-refractivity contribution in [3.63, 3.8) is 0 Å². The summed E-state index contributed by atoms with van der Waals surface area (Å²) >= 11 is 0. The van der Waals surface area contributed by atoms with Crippen molar-refractivity contribution < 1.29 is 0 Å². The topological polar surface area (TPSA) is 38.0 Å². The van der Waals surface area contributed by atoms with E-state index in [1.165, 1.54) is 32.2 Å². The van der Waals surface area contributed by atoms with Gasteiger partial charge in [0.1, 0.15) is 0 Å². The Bertz CT molecular complexity index is 215. The van der Waals surface area contributed by atoms with E-state index >= 15 is 0 Å². The van der Waals surface area contributed by atoms with Crippen LogP contribution in [0.3, 0.4) is 0 Å². The third kappa shape index (κ3) is 2.78. The molecule has 2 aliphatic rings. The van der Waals surface area contributed by atoms with Gasteiger partial charge in [0.25, 0.3) is 0 Å². The smallest absolute Gasteiger partial charge is 0.00726 e. The van der Waals surface area contributed by atoms with Crippen LogP contribution in [0.4, 0.5) is 0 Å². The van der Waals surface area contributed by atoms with Gasteiger partial charge in [0, 0.05) is 12.1 Å². The quantitative estimate of drug-likeness (QED) is 0.752. The number of hydrogen-bond acceptors (Lipinski definition) is 2. The predicted molar refractivity (Wildman–Crippen MR) is 69.2 cm³/mol. The van der Waals surface area contributed by atoms with Gasteiger partial charge in [-0.2, -0.15) is 0 Å². The molecule has 0 amide bonds. The third-order valence-corrected chi connectivity index (χ3v) is 4.86. The predicted octanol–water partition coefficient (Wildman–Crippen LogP) is 2.38. The highest BCUT2D eigenvalue weighted by molar-refractivity contribution is 4.89. The molecule has 2 saturated carbocycles. The number of nitrogens with two attached hydrogens (primary N) is 1. The normalized spacial score (nSPS) is 40.3. The molecule has 0 bridgehead atoms. The van der Waals surface area contributed by atoms with Crippen LogP contribution in [0, 0.1) is 23.7 Å². The van der Waals surface area contributed by atoms with E-state index in [0.29, 0.717) is 6.04 Å². The Kier molecular flexibility index (Phi) is 3.91. The van der Waals surface area contributed by atoms with Gasteiger partial charge >= 0.3 is 0 Å². The molecule has 2 nitrogen and oxygen atoms in total. The molecule has 0 heterocycles. The van der Waals surface area contributed by atoms with Crippen LogP contribution in [0.5, 0.6) is 0 Å². The van der Waals surface area contributed by atoms with Crippen LogP contribution >= 0.6 is 0 Å². The average Bonchev–Trinajstić information content (AvgIpc) is 2.09. The zero-order valence-electron chi connectivity index (χ0n) is 11.1. The van der Waals surface area contributed by atoms with Gasteiger partial charge in [0.15, 0.2) is 0 Å². The van der Waals surface area contributed by atoms with Crippen molar-refractivity contribution in [3.05, 3.63) is 0 Å². The second kappa shape index (κ2) is 5.05. The summed E-state index contributed by atoms with van der Waals surface area (Å²) in [6.07, 6.45) is 5.30. The van der Waals surface area contributed by atoms with Crippen LogP contribution in [0.25, 0.3) is 0 Å². The van der Waals surface area contributed by atoms with Crippen molar-refractivity contribution >= 4 is 0 Å². The SMILES string of the molecule is CC(C)[C@H]1C[C@H](NCC(C)[C@H]2C[C@@H](N)C2)C1. The number of rotatable bonds is 5. The van der Waals surface area contributed by atoms with Crippen molar-refractivity contribution in [1.82, 2.24) is 5.32 Å². The van der Waals surface area contributed by atoms with Crippen molar-refractivity contribution in [1.29, 1.82) is 0 Å². The Morgan fingerprint density at radius 1 is 1.06 bits per heavy atom. The van der Waals surface area contributed by atoms with E-state index in [0.717, 1.165) is 29.7 Å². The molecular formula is C14H28N2. The Labute approximate surface area is 100 Å². The fourth-order valence-corrected chi connectivity index (χ4v) is 3.07. The molecule has 2 heteroatoms. The summed E-state index contributed by atoms with van der Waals surface area (Å²) in [5, 5.41) is 3.73. The molecule has 2 rings (SSSR count). The van der Waals surface area contributed by atoms with E-state index < -0.39 is 0 Å². The molecule has 0 aliphatic heterocycles. The second-order valence-corrected chi connectivity index (χ2v) is 6.55. The lowest BCUT2D eigenvalue weighted by Crippen LogP contribution is -2.47. The Hall–Kier alpha value is -0.0800. The summed E-state index contributed by atoms with van der Waals surface area (Å²) in [7, 11) is 0. The summed E-state index contributed by atoms with van der Waals surface area (Å²) < 4.78 is 0. The fraction of sp³-hybridized carbons (Fsp3) is 1.00. The van der Waals surface area contributed by atoms with Gasteiger partial charge in [-0.15, -0.1) is 0 Å². The molecule has 1 atom stereocenters. The Balaban J connectivity index is 1.55. The minimum Gasteiger partial charge on any atom is -0.328 e. The van der Waals surface area contributed by atoms with E-state index in [1.807, 2.05) is 0 Å². The lowest BCUT2D eigenvalue weighted by molar-refractivity contribution is 0.140. The summed E-state index contributed by atoms with van der Waals surface area (Å²) in [5.41, 5.74) is 5.83. The van der Waals surface area contributed by atoms with E-state index in [1.54, 1.807) is 0 Å². The molecule has 0 radical (unpaired) electrons. The molecule has 0 aromatic carbocycles. The van der Waals surface area contributed by atoms with Crippen LogP contribution in [-0.2, 0) is 0 Å². The molecule has 0 spiro atoms. The summed E-state index contributed by atoms with van der Waals surface area (Å²) in [5.74, 6) is 3.56. The minimum atomic E-state index is 0.501. The van der Waals surface area contributed by atoms with Gasteiger partial charge < -0.3 is 11.1 Å². The van der Waals surface area contributed by atoms with Crippen molar-refractivity contribution in [2.45, 2.75) is 58.5 Å². The standard InChI is InChI=1S/C14H28N2/c1-9(2)11-6-14(7-11)16-8-10(3)12-4-13(15)5-12/h9-14,16H,4-8,15H2,1-3H3/t10?,11-,12-,13+,14-. The largest absolute Gasteiger partial charge is 0.328 e. The minimum absolute atomic E-state index is 0.501. The Morgan fingerprint density at radius 3 is 2.19 bits per heavy atom. The molecule has 16 heavy (non-hydrogen) atoms. The molecule has 1 unspecified atom stereocenters. The first-order chi connectivity index (χ1) is 7.56. The molecule has 2 aliphatic carbocycles. The summed E-state index contributed by atoms with van der Waals surface area (Å²) in [6.45, 7) is 8.27. The highest BCUT2D eigenvalue weighted by atomic mass is 14.9. The van der Waals surface area contributed by atoms with Gasteiger partial charge in [-0.25, -0.2) is 0 Å². The van der Waals surface area contributed by atoms with Gasteiger partial charge in [0.2, 0.25) is 0 Å². The van der Waals surface area contributed by atoms with Crippen molar-refractivity contribution in [2.75, 3.05) is 6.54 Å². The second-order valence-electron chi connectivity index (χ2n) is 6.55. The zero-order chi connectivity index (χ0) is 11.7. The van der Waals surface area contributed by atoms with Gasteiger partial charge in [-0.05, 0) is 55.9 Å². The van der Waals surface area contributed by atoms with Gasteiger partial charge in [0.05, 0.1) is 0 Å². The van der Waals surface area contributed by atoms with Crippen LogP contribution in [-0.4, -0.2) is 18.6 Å². The van der Waals surface area contributed by atoms with Crippen LogP contribution in [0.15, 0.2) is 0 Å². The molecule has 94 valence electrons. The lowest BCUT2D eigenvalue weighted by atomic mass is 9.72. The van der Waals surface area contributed by atoms with E-state index in [4.69, 9.17) is 5.73 Å². The van der Waals surface area contributed by atoms with Crippen molar-refractivity contribution in [2.24, 2.45) is 29.4 Å². The number of hydrogen-bond donors (Lipinski definition) is 2. The first-order valence-electron chi connectivity index (χ1n) is 7.05. The Morgan fingerprint density at radius 2 is 1.69 bits per heavy atom. The third-order valence-electron chi connectivity index (χ3n) is 4.86. The monoisotopic (exact) mass is 224 g/mol. The first-order valence-corrected chi connectivity index (χ1v) is 7.05. The van der Waals surface area contributed by atoms with Gasteiger partial charge in [-0.3, -0.25) is 0 Å². The molecule has 0 aromatic rings. The van der Waals surface area contributed by atoms with Crippen LogP contribution in [0.1, 0.15) is 46.5 Å². The van der Waals surface area contributed by atoms with Crippen LogP contribution in [0.2, 0.25) is 0 Å². The maximum absolute atomic E-state index is 5.83. The molecule has 3 N–H and O–H groups in total. The molecule has 0 aromatic heterocycles. The summed E-state index contributed by atoms with van der Waals surface area (Å²) in [4.78, 5) is 0. The van der Waals surface area contributed by atoms with Crippen LogP contribution < -0.4 is 11.1 Å².